The molecule has 4 aliphatic rings. The molecule has 5 heterocycles. The lowest BCUT2D eigenvalue weighted by atomic mass is 10.0. The second-order valence-corrected chi connectivity index (χ2v) is 16.4. The number of piperazine rings is 1. The van der Waals surface area contributed by atoms with E-state index in [1.54, 1.807) is 12.1 Å². The number of carbonyl (C=O) groups excluding carboxylic acids is 4. The number of fused-ring (bicyclic) bond motifs is 1. The number of pyridine rings is 1. The Labute approximate surface area is 362 Å². The summed E-state index contributed by atoms with van der Waals surface area (Å²) in [5.74, 6) is -0.803. The Bertz CT molecular complexity index is 2370. The Morgan fingerprint density at radius 2 is 1.66 bits per heavy atom. The van der Waals surface area contributed by atoms with E-state index < -0.39 is 35.0 Å². The van der Waals surface area contributed by atoms with Gasteiger partial charge in [-0.1, -0.05) is 24.3 Å². The first-order valence-corrected chi connectivity index (χ1v) is 21.1. The van der Waals surface area contributed by atoms with Gasteiger partial charge in [-0.3, -0.25) is 34.3 Å². The largest absolute Gasteiger partial charge is 0.494 e. The van der Waals surface area contributed by atoms with Gasteiger partial charge in [0, 0.05) is 94.9 Å². The highest BCUT2D eigenvalue weighted by molar-refractivity contribution is 7.80. The first kappa shape index (κ1) is 42.8. The summed E-state index contributed by atoms with van der Waals surface area (Å²) in [6.07, 6.45) is -1.50. The van der Waals surface area contributed by atoms with Crippen LogP contribution in [0, 0.1) is 0 Å². The standard InChI is InChI=1S/C44H48F3N9O5S/c1-48-40(58)30-5-3-4-6-33(30)50-35-23-38(49-24-32(35)44(45,46)47)51-34-10-8-28(22-37(34)61-2)54-15-13-27(14-16-54)55-19-17-53(18-20-55)25-26-7-9-29-31(21-26)42(60)56(43(29)62)36-11-12-39(57)52-41(36)59/h3-10,21-24,27,36,43,62H,11-20,25H2,1-2H3,(H,48,58)(H2,49,50,51)(H,52,57,59). The van der Waals surface area contributed by atoms with Crippen molar-refractivity contribution in [2.45, 2.75) is 55.9 Å². The quantitative estimate of drug-likeness (QED) is 0.0902. The summed E-state index contributed by atoms with van der Waals surface area (Å²) in [7, 11) is 2.99. The number of halogens is 3. The lowest BCUT2D eigenvalue weighted by Gasteiger charge is -2.43. The van der Waals surface area contributed by atoms with Gasteiger partial charge in [0.15, 0.2) is 0 Å². The van der Waals surface area contributed by atoms with E-state index >= 15 is 0 Å². The van der Waals surface area contributed by atoms with Crippen molar-refractivity contribution in [1.82, 2.24) is 30.3 Å². The smallest absolute Gasteiger partial charge is 0.419 e. The number of benzene rings is 3. The van der Waals surface area contributed by atoms with E-state index in [4.69, 9.17) is 4.74 Å². The van der Waals surface area contributed by atoms with Gasteiger partial charge in [0.25, 0.3) is 11.8 Å². The highest BCUT2D eigenvalue weighted by Gasteiger charge is 2.44. The number of piperidine rings is 2. The van der Waals surface area contributed by atoms with Crippen LogP contribution in [0.1, 0.15) is 68.5 Å². The molecule has 4 N–H and O–H groups in total. The van der Waals surface area contributed by atoms with E-state index in [1.807, 2.05) is 36.4 Å². The summed E-state index contributed by atoms with van der Waals surface area (Å²) in [5.41, 5.74) is 3.02. The molecule has 2 unspecified atom stereocenters. The molecule has 4 aliphatic heterocycles. The van der Waals surface area contributed by atoms with Gasteiger partial charge in [-0.05, 0) is 60.7 Å². The monoisotopic (exact) mass is 871 g/mol. The fourth-order valence-corrected chi connectivity index (χ4v) is 9.34. The Balaban J connectivity index is 0.852. The number of alkyl halides is 3. The molecule has 0 aliphatic carbocycles. The van der Waals surface area contributed by atoms with Crippen LogP contribution in [0.25, 0.3) is 0 Å². The van der Waals surface area contributed by atoms with Crippen LogP contribution in [0.5, 0.6) is 5.75 Å². The fraction of sp³-hybridized carbons (Fsp3) is 0.386. The summed E-state index contributed by atoms with van der Waals surface area (Å²) in [6.45, 7) is 6.04. The Morgan fingerprint density at radius 3 is 2.37 bits per heavy atom. The van der Waals surface area contributed by atoms with Crippen molar-refractivity contribution < 1.29 is 37.1 Å². The summed E-state index contributed by atoms with van der Waals surface area (Å²) in [6, 6.07) is 18.9. The molecule has 14 nitrogen and oxygen atoms in total. The minimum absolute atomic E-state index is 0.150. The van der Waals surface area contributed by atoms with E-state index in [9.17, 15) is 32.3 Å². The number of rotatable bonds is 11. The van der Waals surface area contributed by atoms with Crippen LogP contribution in [0.3, 0.4) is 0 Å². The lowest BCUT2D eigenvalue weighted by molar-refractivity contribution is -0.138. The number of nitrogens with one attached hydrogen (secondary N) is 4. The zero-order valence-electron chi connectivity index (χ0n) is 34.3. The molecule has 0 radical (unpaired) electrons. The molecule has 0 spiro atoms. The third-order valence-electron chi connectivity index (χ3n) is 12.2. The predicted octanol–water partition coefficient (Wildman–Crippen LogP) is 5.93. The number of amides is 4. The van der Waals surface area contributed by atoms with Crippen molar-refractivity contribution in [3.05, 3.63) is 101 Å². The number of methoxy groups -OCH3 is 1. The van der Waals surface area contributed by atoms with Crippen molar-refractivity contribution in [3.63, 3.8) is 0 Å². The molecule has 18 heteroatoms. The molecular weight excluding hydrogens is 824 g/mol. The van der Waals surface area contributed by atoms with Crippen LogP contribution in [0.4, 0.5) is 41.7 Å². The Kier molecular flexibility index (Phi) is 12.3. The second-order valence-electron chi connectivity index (χ2n) is 15.9. The number of para-hydroxylation sites is 1. The summed E-state index contributed by atoms with van der Waals surface area (Å²) < 4.78 is 48.0. The molecule has 62 heavy (non-hydrogen) atoms. The highest BCUT2D eigenvalue weighted by atomic mass is 32.1. The van der Waals surface area contributed by atoms with Crippen molar-refractivity contribution in [2.24, 2.45) is 0 Å². The van der Waals surface area contributed by atoms with Gasteiger partial charge in [0.05, 0.1) is 35.3 Å². The highest BCUT2D eigenvalue weighted by Crippen LogP contribution is 2.41. The van der Waals surface area contributed by atoms with Gasteiger partial charge in [-0.2, -0.15) is 13.2 Å². The first-order valence-electron chi connectivity index (χ1n) is 20.6. The number of aromatic nitrogens is 1. The van der Waals surface area contributed by atoms with Crippen LogP contribution in [-0.2, 0) is 22.3 Å². The summed E-state index contributed by atoms with van der Waals surface area (Å²) in [4.78, 5) is 63.0. The van der Waals surface area contributed by atoms with E-state index in [0.29, 0.717) is 29.6 Å². The number of anilines is 5. The van der Waals surface area contributed by atoms with Crippen LogP contribution in [0.2, 0.25) is 0 Å². The molecule has 0 saturated carbocycles. The number of carbonyl (C=O) groups is 4. The van der Waals surface area contributed by atoms with Crippen molar-refractivity contribution in [3.8, 4) is 5.75 Å². The Hall–Kier alpha value is -5.85. The average Bonchev–Trinajstić information content (AvgIpc) is 3.51. The number of hydrogen-bond acceptors (Lipinski definition) is 12. The molecule has 0 bridgehead atoms. The Morgan fingerprint density at radius 1 is 0.903 bits per heavy atom. The van der Waals surface area contributed by atoms with Crippen LogP contribution < -0.4 is 30.9 Å². The van der Waals surface area contributed by atoms with E-state index in [0.717, 1.165) is 75.1 Å². The van der Waals surface area contributed by atoms with Gasteiger partial charge < -0.3 is 30.5 Å². The first-order chi connectivity index (χ1) is 29.8. The molecule has 4 aromatic rings. The number of thiol groups is 1. The zero-order chi connectivity index (χ0) is 43.7. The molecule has 3 aromatic carbocycles. The topological polar surface area (TPSA) is 151 Å². The normalized spacial score (nSPS) is 20.2. The SMILES string of the molecule is CNC(=O)c1ccccc1Nc1cc(Nc2ccc(N3CCC(N4CCN(Cc5ccc6c(c5)C(=O)N(C5CCC(=O)NC5=O)C6S)CC4)CC3)cc2OC)ncc1C(F)(F)F. The maximum Gasteiger partial charge on any atom is 0.419 e. The summed E-state index contributed by atoms with van der Waals surface area (Å²) >= 11 is 4.69. The lowest BCUT2D eigenvalue weighted by Crippen LogP contribution is -2.53. The van der Waals surface area contributed by atoms with Gasteiger partial charge in [0.1, 0.15) is 23.0 Å². The van der Waals surface area contributed by atoms with Crippen molar-refractivity contribution >= 4 is 64.8 Å². The molecule has 326 valence electrons. The zero-order valence-corrected chi connectivity index (χ0v) is 35.2. The number of hydrogen-bond donors (Lipinski definition) is 5. The van der Waals surface area contributed by atoms with Gasteiger partial charge in [0.2, 0.25) is 11.8 Å². The molecule has 3 fully saturated rings. The second kappa shape index (κ2) is 17.9. The molecule has 2 atom stereocenters. The van der Waals surface area contributed by atoms with Gasteiger partial charge in [-0.25, -0.2) is 4.98 Å². The van der Waals surface area contributed by atoms with Gasteiger partial charge >= 0.3 is 6.18 Å². The fourth-order valence-electron chi connectivity index (χ4n) is 8.85. The van der Waals surface area contributed by atoms with Crippen LogP contribution >= 0.6 is 12.6 Å². The van der Waals surface area contributed by atoms with E-state index in [1.165, 1.54) is 37.3 Å². The third-order valence-corrected chi connectivity index (χ3v) is 12.7. The molecule has 8 rings (SSSR count). The number of ether oxygens (including phenoxy) is 1. The van der Waals surface area contributed by atoms with Crippen LogP contribution in [0.15, 0.2) is 72.9 Å². The minimum Gasteiger partial charge on any atom is -0.494 e. The molecule has 4 amide bonds. The van der Waals surface area contributed by atoms with Crippen molar-refractivity contribution in [2.75, 3.05) is 69.0 Å². The maximum absolute atomic E-state index is 14.1. The summed E-state index contributed by atoms with van der Waals surface area (Å²) in [5, 5.41) is 10.2. The van der Waals surface area contributed by atoms with Crippen LogP contribution in [-0.4, -0.2) is 109 Å². The number of nitrogens with zero attached hydrogens (tertiary/aromatic N) is 5. The molecular formula is C44H48F3N9O5S. The van der Waals surface area contributed by atoms with Crippen molar-refractivity contribution in [1.29, 1.82) is 0 Å². The van der Waals surface area contributed by atoms with Gasteiger partial charge in [-0.15, -0.1) is 12.6 Å². The predicted molar refractivity (Wildman–Crippen MR) is 231 cm³/mol. The average molecular weight is 872 g/mol. The minimum atomic E-state index is -4.70. The van der Waals surface area contributed by atoms with E-state index in [2.05, 4.69) is 53.6 Å². The number of imide groups is 1. The molecule has 3 saturated heterocycles. The maximum atomic E-state index is 14.1. The molecule has 1 aromatic heterocycles. The third kappa shape index (κ3) is 8.89. The van der Waals surface area contributed by atoms with E-state index in [-0.39, 0.29) is 47.4 Å².